The van der Waals surface area contributed by atoms with Crippen LogP contribution in [0.15, 0.2) is 18.2 Å². The van der Waals surface area contributed by atoms with E-state index in [4.69, 9.17) is 11.6 Å². The monoisotopic (exact) mass is 322 g/mol. The number of hydrogen-bond donors (Lipinski definition) is 1. The quantitative estimate of drug-likeness (QED) is 0.866. The number of rotatable bonds is 1. The van der Waals surface area contributed by atoms with Crippen LogP contribution in [0, 0.1) is 0 Å². The largest absolute Gasteiger partial charge is 0.313 e. The number of nitrogens with one attached hydrogen (secondary N) is 1. The van der Waals surface area contributed by atoms with Crippen molar-refractivity contribution in [3.63, 3.8) is 0 Å². The second-order valence-electron chi connectivity index (χ2n) is 5.35. The predicted molar refractivity (Wildman–Crippen MR) is 85.2 cm³/mol. The second-order valence-corrected chi connectivity index (χ2v) is 6.80. The van der Waals surface area contributed by atoms with Gasteiger partial charge in [-0.1, -0.05) is 22.9 Å². The summed E-state index contributed by atoms with van der Waals surface area (Å²) in [5.74, 6) is 0.151. The minimum atomic E-state index is -0.0527. The molecule has 0 radical (unpaired) electrons. The van der Waals surface area contributed by atoms with Gasteiger partial charge in [0, 0.05) is 37.7 Å². The minimum absolute atomic E-state index is 0.0527. The molecule has 1 aromatic carbocycles. The molecule has 7 heteroatoms. The number of hydrogen-bond acceptors (Lipinski definition) is 5. The van der Waals surface area contributed by atoms with E-state index in [-0.39, 0.29) is 11.9 Å². The van der Waals surface area contributed by atoms with E-state index < -0.39 is 0 Å². The number of carbonyl (C=O) groups is 1. The van der Waals surface area contributed by atoms with Crippen molar-refractivity contribution < 1.29 is 4.79 Å². The normalized spacial score (nSPS) is 23.6. The summed E-state index contributed by atoms with van der Waals surface area (Å²) in [6.07, 6.45) is 0. The molecule has 4 rings (SSSR count). The summed E-state index contributed by atoms with van der Waals surface area (Å²) in [5.41, 5.74) is 0.899. The van der Waals surface area contributed by atoms with Gasteiger partial charge >= 0.3 is 0 Å². The van der Waals surface area contributed by atoms with Crippen molar-refractivity contribution in [2.75, 3.05) is 37.6 Å². The third kappa shape index (κ3) is 2.32. The Balaban J connectivity index is 1.66. The first kappa shape index (κ1) is 13.5. The van der Waals surface area contributed by atoms with E-state index in [1.165, 1.54) is 11.3 Å². The van der Waals surface area contributed by atoms with Gasteiger partial charge in [-0.15, -0.1) is 0 Å². The molecule has 2 saturated heterocycles. The molecule has 110 valence electrons. The Morgan fingerprint density at radius 3 is 3.14 bits per heavy atom. The molecule has 1 aromatic heterocycles. The summed E-state index contributed by atoms with van der Waals surface area (Å²) in [4.78, 5) is 21.4. The van der Waals surface area contributed by atoms with Crippen LogP contribution in [0.25, 0.3) is 10.2 Å². The first-order chi connectivity index (χ1) is 10.2. The SMILES string of the molecule is O=C1[C@H]2CNCCN2CCN1c1nc2ccc(Cl)cc2s1. The van der Waals surface area contributed by atoms with Gasteiger partial charge in [0.25, 0.3) is 0 Å². The van der Waals surface area contributed by atoms with Crippen molar-refractivity contribution in [1.82, 2.24) is 15.2 Å². The molecule has 2 aliphatic heterocycles. The van der Waals surface area contributed by atoms with Crippen molar-refractivity contribution in [2.24, 2.45) is 0 Å². The number of carbonyl (C=O) groups excluding carboxylic acids is 1. The Kier molecular flexibility index (Phi) is 3.34. The number of nitrogens with zero attached hydrogens (tertiary/aromatic N) is 3. The van der Waals surface area contributed by atoms with Crippen LogP contribution in [-0.2, 0) is 4.79 Å². The molecule has 0 unspecified atom stereocenters. The van der Waals surface area contributed by atoms with Gasteiger partial charge in [-0.3, -0.25) is 14.6 Å². The highest BCUT2D eigenvalue weighted by atomic mass is 35.5. The fourth-order valence-corrected chi connectivity index (χ4v) is 4.24. The van der Waals surface area contributed by atoms with E-state index >= 15 is 0 Å². The molecule has 5 nitrogen and oxygen atoms in total. The van der Waals surface area contributed by atoms with Gasteiger partial charge in [0.05, 0.1) is 10.2 Å². The Bertz CT molecular complexity index is 703. The first-order valence-electron chi connectivity index (χ1n) is 7.04. The number of halogens is 1. The number of benzene rings is 1. The van der Waals surface area contributed by atoms with Crippen molar-refractivity contribution >= 4 is 44.2 Å². The lowest BCUT2D eigenvalue weighted by molar-refractivity contribution is -0.126. The molecular weight excluding hydrogens is 308 g/mol. The maximum atomic E-state index is 12.7. The fraction of sp³-hybridized carbons (Fsp3) is 0.429. The molecule has 1 N–H and O–H groups in total. The summed E-state index contributed by atoms with van der Waals surface area (Å²) in [6, 6.07) is 5.59. The van der Waals surface area contributed by atoms with Crippen LogP contribution >= 0.6 is 22.9 Å². The summed E-state index contributed by atoms with van der Waals surface area (Å²) in [7, 11) is 0. The van der Waals surface area contributed by atoms with Gasteiger partial charge < -0.3 is 5.32 Å². The summed E-state index contributed by atoms with van der Waals surface area (Å²) in [5, 5.41) is 4.78. The van der Waals surface area contributed by atoms with Gasteiger partial charge in [0.2, 0.25) is 5.91 Å². The maximum absolute atomic E-state index is 12.7. The van der Waals surface area contributed by atoms with Gasteiger partial charge in [0.1, 0.15) is 6.04 Å². The summed E-state index contributed by atoms with van der Waals surface area (Å²) < 4.78 is 1.02. The number of fused-ring (bicyclic) bond motifs is 2. The first-order valence-corrected chi connectivity index (χ1v) is 8.24. The highest BCUT2D eigenvalue weighted by Gasteiger charge is 2.37. The number of aromatic nitrogens is 1. The topological polar surface area (TPSA) is 48.5 Å². The number of thiazole rings is 1. The molecule has 0 spiro atoms. The molecule has 2 fully saturated rings. The standard InChI is InChI=1S/C14H15ClN4OS/c15-9-1-2-10-12(7-9)21-14(17-10)19-6-5-18-4-3-16-8-11(18)13(19)20/h1-2,7,11,16H,3-6,8H2/t11-/m1/s1. The van der Waals surface area contributed by atoms with E-state index in [1.54, 1.807) is 0 Å². The molecule has 3 heterocycles. The highest BCUT2D eigenvalue weighted by Crippen LogP contribution is 2.32. The van der Waals surface area contributed by atoms with Crippen molar-refractivity contribution in [3.05, 3.63) is 23.2 Å². The third-order valence-electron chi connectivity index (χ3n) is 4.09. The van der Waals surface area contributed by atoms with Gasteiger partial charge in [-0.25, -0.2) is 4.98 Å². The van der Waals surface area contributed by atoms with Crippen LogP contribution in [0.5, 0.6) is 0 Å². The molecule has 0 saturated carbocycles. The van der Waals surface area contributed by atoms with Crippen LogP contribution in [0.3, 0.4) is 0 Å². The maximum Gasteiger partial charge on any atom is 0.247 e. The zero-order chi connectivity index (χ0) is 14.4. The smallest absolute Gasteiger partial charge is 0.247 e. The molecule has 1 amide bonds. The van der Waals surface area contributed by atoms with Crippen molar-refractivity contribution in [1.29, 1.82) is 0 Å². The summed E-state index contributed by atoms with van der Waals surface area (Å²) in [6.45, 7) is 4.26. The molecule has 0 aliphatic carbocycles. The molecular formula is C14H15ClN4OS. The molecule has 2 aliphatic rings. The molecule has 0 bridgehead atoms. The minimum Gasteiger partial charge on any atom is -0.313 e. The van der Waals surface area contributed by atoms with E-state index in [0.717, 1.165) is 41.5 Å². The average molecular weight is 323 g/mol. The van der Waals surface area contributed by atoms with Crippen LogP contribution in [0.2, 0.25) is 5.02 Å². The zero-order valence-electron chi connectivity index (χ0n) is 11.4. The molecule has 2 aromatic rings. The fourth-order valence-electron chi connectivity index (χ4n) is 2.97. The Hall–Kier alpha value is -1.21. The van der Waals surface area contributed by atoms with Crippen LogP contribution < -0.4 is 10.2 Å². The number of anilines is 1. The second kappa shape index (κ2) is 5.21. The van der Waals surface area contributed by atoms with E-state index in [0.29, 0.717) is 11.6 Å². The van der Waals surface area contributed by atoms with E-state index in [2.05, 4.69) is 15.2 Å². The van der Waals surface area contributed by atoms with Crippen molar-refractivity contribution in [3.8, 4) is 0 Å². The highest BCUT2D eigenvalue weighted by molar-refractivity contribution is 7.22. The number of amides is 1. The Labute approximate surface area is 131 Å². The lowest BCUT2D eigenvalue weighted by Crippen LogP contribution is -2.64. The van der Waals surface area contributed by atoms with Crippen LogP contribution in [0.4, 0.5) is 5.13 Å². The molecule has 21 heavy (non-hydrogen) atoms. The average Bonchev–Trinajstić information content (AvgIpc) is 2.90. The third-order valence-corrected chi connectivity index (χ3v) is 5.36. The van der Waals surface area contributed by atoms with Gasteiger partial charge in [-0.05, 0) is 18.2 Å². The van der Waals surface area contributed by atoms with E-state index in [9.17, 15) is 4.79 Å². The van der Waals surface area contributed by atoms with Gasteiger partial charge in [-0.2, -0.15) is 0 Å². The van der Waals surface area contributed by atoms with Crippen LogP contribution in [-0.4, -0.2) is 54.6 Å². The van der Waals surface area contributed by atoms with Crippen molar-refractivity contribution in [2.45, 2.75) is 6.04 Å². The van der Waals surface area contributed by atoms with E-state index in [1.807, 2.05) is 23.1 Å². The van der Waals surface area contributed by atoms with Crippen LogP contribution in [0.1, 0.15) is 0 Å². The number of piperazine rings is 2. The zero-order valence-corrected chi connectivity index (χ0v) is 13.0. The Morgan fingerprint density at radius 2 is 2.24 bits per heavy atom. The summed E-state index contributed by atoms with van der Waals surface area (Å²) >= 11 is 7.55. The predicted octanol–water partition coefficient (Wildman–Crippen LogP) is 1.57. The lowest BCUT2D eigenvalue weighted by atomic mass is 10.1. The van der Waals surface area contributed by atoms with Gasteiger partial charge in [0.15, 0.2) is 5.13 Å². The molecule has 1 atom stereocenters. The lowest BCUT2D eigenvalue weighted by Gasteiger charge is -2.42. The Morgan fingerprint density at radius 1 is 1.33 bits per heavy atom.